The lowest BCUT2D eigenvalue weighted by Gasteiger charge is -2.09. The van der Waals surface area contributed by atoms with Crippen molar-refractivity contribution in [1.29, 1.82) is 0 Å². The molecular formula is C11H12FN3S. The lowest BCUT2D eigenvalue weighted by molar-refractivity contribution is 0.619. The van der Waals surface area contributed by atoms with E-state index in [4.69, 9.17) is 5.73 Å². The average Bonchev–Trinajstić information content (AvgIpc) is 2.74. The van der Waals surface area contributed by atoms with E-state index in [1.165, 1.54) is 6.07 Å². The SMILES string of the molecule is Cc1cc(NCc2cncs2)c(N)cc1F. The number of nitrogens with one attached hydrogen (secondary N) is 1. The highest BCUT2D eigenvalue weighted by Gasteiger charge is 2.04. The van der Waals surface area contributed by atoms with Crippen LogP contribution in [0, 0.1) is 12.7 Å². The number of thiazole rings is 1. The molecule has 3 nitrogen and oxygen atoms in total. The zero-order valence-corrected chi connectivity index (χ0v) is 9.64. The third-order valence-corrected chi connectivity index (χ3v) is 3.05. The van der Waals surface area contributed by atoms with Crippen LogP contribution in [-0.2, 0) is 6.54 Å². The summed E-state index contributed by atoms with van der Waals surface area (Å²) in [6.07, 6.45) is 1.80. The van der Waals surface area contributed by atoms with Crippen molar-refractivity contribution in [3.8, 4) is 0 Å². The molecule has 1 aromatic carbocycles. The van der Waals surface area contributed by atoms with E-state index in [9.17, 15) is 4.39 Å². The molecule has 0 radical (unpaired) electrons. The number of anilines is 2. The maximum absolute atomic E-state index is 13.2. The van der Waals surface area contributed by atoms with Gasteiger partial charge >= 0.3 is 0 Å². The van der Waals surface area contributed by atoms with E-state index in [-0.39, 0.29) is 5.82 Å². The van der Waals surface area contributed by atoms with Crippen LogP contribution in [0.2, 0.25) is 0 Å². The van der Waals surface area contributed by atoms with Gasteiger partial charge in [-0.2, -0.15) is 0 Å². The Morgan fingerprint density at radius 3 is 3.00 bits per heavy atom. The summed E-state index contributed by atoms with van der Waals surface area (Å²) in [5.41, 5.74) is 9.25. The summed E-state index contributed by atoms with van der Waals surface area (Å²) in [6, 6.07) is 3.05. The monoisotopic (exact) mass is 237 g/mol. The zero-order chi connectivity index (χ0) is 11.5. The van der Waals surface area contributed by atoms with Gasteiger partial charge in [0.2, 0.25) is 0 Å². The molecule has 16 heavy (non-hydrogen) atoms. The lowest BCUT2D eigenvalue weighted by atomic mass is 10.2. The van der Waals surface area contributed by atoms with Crippen LogP contribution in [-0.4, -0.2) is 4.98 Å². The van der Waals surface area contributed by atoms with Crippen LogP contribution in [0.15, 0.2) is 23.8 Å². The summed E-state index contributed by atoms with van der Waals surface area (Å²) in [5.74, 6) is -0.277. The number of hydrogen-bond donors (Lipinski definition) is 2. The van der Waals surface area contributed by atoms with Crippen LogP contribution in [0.25, 0.3) is 0 Å². The fourth-order valence-corrected chi connectivity index (χ4v) is 1.90. The Morgan fingerprint density at radius 2 is 2.31 bits per heavy atom. The number of aromatic nitrogens is 1. The van der Waals surface area contributed by atoms with E-state index in [0.29, 0.717) is 17.8 Å². The molecule has 0 bridgehead atoms. The first-order valence-electron chi connectivity index (χ1n) is 4.83. The second kappa shape index (κ2) is 4.49. The molecule has 1 aromatic heterocycles. The van der Waals surface area contributed by atoms with Crippen molar-refractivity contribution in [2.75, 3.05) is 11.1 Å². The number of nitrogen functional groups attached to an aromatic ring is 1. The first-order valence-corrected chi connectivity index (χ1v) is 5.71. The van der Waals surface area contributed by atoms with E-state index in [2.05, 4.69) is 10.3 Å². The number of aryl methyl sites for hydroxylation is 1. The van der Waals surface area contributed by atoms with Gasteiger partial charge in [0, 0.05) is 11.1 Å². The second-order valence-electron chi connectivity index (χ2n) is 3.51. The van der Waals surface area contributed by atoms with Crippen molar-refractivity contribution in [2.24, 2.45) is 0 Å². The number of nitrogens with two attached hydrogens (primary N) is 1. The average molecular weight is 237 g/mol. The van der Waals surface area contributed by atoms with Crippen molar-refractivity contribution in [2.45, 2.75) is 13.5 Å². The van der Waals surface area contributed by atoms with E-state index in [1.807, 2.05) is 0 Å². The molecular weight excluding hydrogens is 225 g/mol. The predicted octanol–water partition coefficient (Wildman–Crippen LogP) is 2.78. The largest absolute Gasteiger partial charge is 0.397 e. The molecule has 5 heteroatoms. The van der Waals surface area contributed by atoms with Crippen LogP contribution < -0.4 is 11.1 Å². The summed E-state index contributed by atoms with van der Waals surface area (Å²) in [7, 11) is 0. The second-order valence-corrected chi connectivity index (χ2v) is 4.48. The van der Waals surface area contributed by atoms with Gasteiger partial charge in [0.05, 0.1) is 23.4 Å². The van der Waals surface area contributed by atoms with Crippen LogP contribution in [0.5, 0.6) is 0 Å². The van der Waals surface area contributed by atoms with Crippen LogP contribution in [0.4, 0.5) is 15.8 Å². The molecule has 0 aliphatic heterocycles. The Kier molecular flexibility index (Phi) is 3.05. The standard InChI is InChI=1S/C11H12FN3S/c1-7-2-11(10(13)3-9(7)12)15-5-8-4-14-6-16-8/h2-4,6,15H,5,13H2,1H3. The van der Waals surface area contributed by atoms with Gasteiger partial charge in [-0.3, -0.25) is 4.98 Å². The highest BCUT2D eigenvalue weighted by atomic mass is 32.1. The normalized spacial score (nSPS) is 10.4. The molecule has 0 aliphatic carbocycles. The lowest BCUT2D eigenvalue weighted by Crippen LogP contribution is -2.02. The van der Waals surface area contributed by atoms with Crippen LogP contribution >= 0.6 is 11.3 Å². The fourth-order valence-electron chi connectivity index (χ4n) is 1.36. The Morgan fingerprint density at radius 1 is 1.50 bits per heavy atom. The number of benzene rings is 1. The number of rotatable bonds is 3. The first kappa shape index (κ1) is 10.9. The van der Waals surface area contributed by atoms with Crippen molar-refractivity contribution in [3.05, 3.63) is 40.1 Å². The summed E-state index contributed by atoms with van der Waals surface area (Å²) in [5, 5.41) is 3.16. The van der Waals surface area contributed by atoms with Gasteiger partial charge in [-0.15, -0.1) is 11.3 Å². The highest BCUT2D eigenvalue weighted by molar-refractivity contribution is 7.09. The van der Waals surface area contributed by atoms with E-state index < -0.39 is 0 Å². The van der Waals surface area contributed by atoms with Gasteiger partial charge in [-0.25, -0.2) is 4.39 Å². The number of halogens is 1. The predicted molar refractivity (Wildman–Crippen MR) is 65.0 cm³/mol. The molecule has 0 saturated carbocycles. The summed E-state index contributed by atoms with van der Waals surface area (Å²) < 4.78 is 13.2. The van der Waals surface area contributed by atoms with Crippen molar-refractivity contribution < 1.29 is 4.39 Å². The molecule has 84 valence electrons. The van der Waals surface area contributed by atoms with Gasteiger partial charge < -0.3 is 11.1 Å². The quantitative estimate of drug-likeness (QED) is 0.807. The first-order chi connectivity index (χ1) is 7.66. The fraction of sp³-hybridized carbons (Fsp3) is 0.182. The molecule has 3 N–H and O–H groups in total. The highest BCUT2D eigenvalue weighted by Crippen LogP contribution is 2.23. The topological polar surface area (TPSA) is 50.9 Å². The maximum Gasteiger partial charge on any atom is 0.128 e. The van der Waals surface area contributed by atoms with Crippen LogP contribution in [0.1, 0.15) is 10.4 Å². The molecule has 0 fully saturated rings. The number of nitrogens with zero attached hydrogens (tertiary/aromatic N) is 1. The Hall–Kier alpha value is -1.62. The van der Waals surface area contributed by atoms with E-state index in [1.54, 1.807) is 36.0 Å². The van der Waals surface area contributed by atoms with Crippen molar-refractivity contribution in [3.63, 3.8) is 0 Å². The Balaban J connectivity index is 2.12. The smallest absolute Gasteiger partial charge is 0.128 e. The molecule has 0 aliphatic rings. The van der Waals surface area contributed by atoms with Gasteiger partial charge in [0.15, 0.2) is 0 Å². The van der Waals surface area contributed by atoms with Gasteiger partial charge in [-0.05, 0) is 24.6 Å². The molecule has 1 heterocycles. The summed E-state index contributed by atoms with van der Waals surface area (Å²) in [6.45, 7) is 2.37. The van der Waals surface area contributed by atoms with Gasteiger partial charge in [0.25, 0.3) is 0 Å². The van der Waals surface area contributed by atoms with Crippen molar-refractivity contribution in [1.82, 2.24) is 4.98 Å². The third kappa shape index (κ3) is 2.30. The third-order valence-electron chi connectivity index (χ3n) is 2.27. The molecule has 0 atom stereocenters. The molecule has 0 spiro atoms. The minimum atomic E-state index is -0.277. The number of hydrogen-bond acceptors (Lipinski definition) is 4. The van der Waals surface area contributed by atoms with Gasteiger partial charge in [-0.1, -0.05) is 0 Å². The molecule has 0 unspecified atom stereocenters. The van der Waals surface area contributed by atoms with E-state index >= 15 is 0 Å². The minimum absolute atomic E-state index is 0.277. The summed E-state index contributed by atoms with van der Waals surface area (Å²) >= 11 is 1.57. The van der Waals surface area contributed by atoms with Crippen molar-refractivity contribution >= 4 is 22.7 Å². The molecule has 0 saturated heterocycles. The van der Waals surface area contributed by atoms with Crippen LogP contribution in [0.3, 0.4) is 0 Å². The zero-order valence-electron chi connectivity index (χ0n) is 8.83. The maximum atomic E-state index is 13.2. The molecule has 2 aromatic rings. The minimum Gasteiger partial charge on any atom is -0.397 e. The van der Waals surface area contributed by atoms with Gasteiger partial charge in [0.1, 0.15) is 5.82 Å². The van der Waals surface area contributed by atoms with E-state index in [0.717, 1.165) is 10.6 Å². The Bertz CT molecular complexity index is 482. The molecule has 0 amide bonds. The summed E-state index contributed by atoms with van der Waals surface area (Å²) in [4.78, 5) is 5.09. The molecule has 2 rings (SSSR count). The Labute approximate surface area is 97.1 Å².